The lowest BCUT2D eigenvalue weighted by molar-refractivity contribution is -0.123. The van der Waals surface area contributed by atoms with Crippen molar-refractivity contribution in [3.05, 3.63) is 35.9 Å². The molecule has 212 valence electrons. The molecule has 1 unspecified atom stereocenters. The van der Waals surface area contributed by atoms with Crippen LogP contribution in [0, 0.1) is 0 Å². The summed E-state index contributed by atoms with van der Waals surface area (Å²) in [7, 11) is 4.16. The number of nitrogens with one attached hydrogen (secondary N) is 2. The number of unbranched alkanes of at least 4 members (excludes halogenated alkanes) is 12. The molecule has 2 rings (SSSR count). The summed E-state index contributed by atoms with van der Waals surface area (Å²) in [6.07, 6.45) is 17.0. The van der Waals surface area contributed by atoms with E-state index in [-0.39, 0.29) is 18.1 Å². The average Bonchev–Trinajstić information content (AvgIpc) is 2.91. The molecule has 0 saturated carbocycles. The van der Waals surface area contributed by atoms with E-state index in [9.17, 15) is 9.90 Å². The highest BCUT2D eigenvalue weighted by Gasteiger charge is 2.28. The highest BCUT2D eigenvalue weighted by molar-refractivity contribution is 5.76. The van der Waals surface area contributed by atoms with E-state index >= 15 is 0 Å². The average molecular weight is 517 g/mol. The normalized spacial score (nSPS) is 18.1. The molecule has 1 heterocycles. The van der Waals surface area contributed by atoms with Crippen molar-refractivity contribution in [2.24, 2.45) is 0 Å². The molecule has 6 nitrogen and oxygen atoms in total. The zero-order valence-electron chi connectivity index (χ0n) is 24.1. The molecule has 0 aromatic heterocycles. The summed E-state index contributed by atoms with van der Waals surface area (Å²) in [4.78, 5) is 17.4. The van der Waals surface area contributed by atoms with Crippen molar-refractivity contribution in [1.82, 2.24) is 20.4 Å². The number of carbonyl (C=O) groups is 1. The van der Waals surface area contributed by atoms with Crippen LogP contribution in [-0.2, 0) is 4.79 Å². The third kappa shape index (κ3) is 13.8. The molecule has 1 aromatic carbocycles. The molecular weight excluding hydrogens is 460 g/mol. The number of rotatable bonds is 20. The molecule has 6 heteroatoms. The van der Waals surface area contributed by atoms with Crippen LogP contribution in [0.5, 0.6) is 0 Å². The maximum absolute atomic E-state index is 12.8. The van der Waals surface area contributed by atoms with Gasteiger partial charge in [-0.05, 0) is 26.1 Å². The van der Waals surface area contributed by atoms with Crippen LogP contribution in [0.3, 0.4) is 0 Å². The van der Waals surface area contributed by atoms with Gasteiger partial charge >= 0.3 is 0 Å². The second-order valence-corrected chi connectivity index (χ2v) is 11.2. The SMILES string of the molecule is CCCCCCCCCCCCCCCC(=O)N[C@H](CN1CCNC(N(C)C)C1)[C@H](O)c1ccccc1. The number of amides is 1. The van der Waals surface area contributed by atoms with E-state index in [0.717, 1.165) is 38.0 Å². The quantitative estimate of drug-likeness (QED) is 0.200. The van der Waals surface area contributed by atoms with Crippen molar-refractivity contribution in [3.63, 3.8) is 0 Å². The molecule has 37 heavy (non-hydrogen) atoms. The number of nitrogens with zero attached hydrogens (tertiary/aromatic N) is 2. The van der Waals surface area contributed by atoms with E-state index in [1.54, 1.807) is 0 Å². The van der Waals surface area contributed by atoms with Crippen LogP contribution in [0.2, 0.25) is 0 Å². The van der Waals surface area contributed by atoms with Crippen molar-refractivity contribution < 1.29 is 9.90 Å². The predicted molar refractivity (Wildman–Crippen MR) is 156 cm³/mol. The maximum Gasteiger partial charge on any atom is 0.220 e. The second-order valence-electron chi connectivity index (χ2n) is 11.2. The summed E-state index contributed by atoms with van der Waals surface area (Å²) in [6.45, 7) is 5.61. The molecule has 0 bridgehead atoms. The molecule has 1 fully saturated rings. The van der Waals surface area contributed by atoms with Gasteiger partial charge in [0.2, 0.25) is 5.91 Å². The summed E-state index contributed by atoms with van der Waals surface area (Å²) in [5.74, 6) is 0.0577. The third-order valence-electron chi connectivity index (χ3n) is 7.69. The van der Waals surface area contributed by atoms with Gasteiger partial charge in [0.25, 0.3) is 0 Å². The summed E-state index contributed by atoms with van der Waals surface area (Å²) in [5.41, 5.74) is 0.855. The Morgan fingerprint density at radius 2 is 1.54 bits per heavy atom. The van der Waals surface area contributed by atoms with Crippen LogP contribution in [0.4, 0.5) is 0 Å². The van der Waals surface area contributed by atoms with E-state index in [2.05, 4.69) is 41.5 Å². The fourth-order valence-corrected chi connectivity index (χ4v) is 5.27. The van der Waals surface area contributed by atoms with E-state index in [0.29, 0.717) is 13.0 Å². The van der Waals surface area contributed by atoms with Gasteiger partial charge in [0, 0.05) is 32.6 Å². The molecular formula is C31H56N4O2. The Morgan fingerprint density at radius 1 is 0.973 bits per heavy atom. The highest BCUT2D eigenvalue weighted by Crippen LogP contribution is 2.19. The van der Waals surface area contributed by atoms with Crippen LogP contribution in [-0.4, -0.2) is 73.3 Å². The molecule has 3 N–H and O–H groups in total. The molecule has 1 aliphatic rings. The first-order chi connectivity index (χ1) is 18.0. The van der Waals surface area contributed by atoms with Gasteiger partial charge in [0.1, 0.15) is 6.10 Å². The number of hydrogen-bond donors (Lipinski definition) is 3. The van der Waals surface area contributed by atoms with Gasteiger partial charge in [-0.3, -0.25) is 19.9 Å². The summed E-state index contributed by atoms with van der Waals surface area (Å²) in [5, 5.41) is 17.9. The van der Waals surface area contributed by atoms with Crippen LogP contribution < -0.4 is 10.6 Å². The lowest BCUT2D eigenvalue weighted by Gasteiger charge is -2.39. The van der Waals surface area contributed by atoms with Crippen LogP contribution >= 0.6 is 0 Å². The van der Waals surface area contributed by atoms with E-state index in [1.807, 2.05) is 30.3 Å². The van der Waals surface area contributed by atoms with Gasteiger partial charge < -0.3 is 10.4 Å². The Morgan fingerprint density at radius 3 is 2.11 bits per heavy atom. The van der Waals surface area contributed by atoms with Crippen molar-refractivity contribution >= 4 is 5.91 Å². The van der Waals surface area contributed by atoms with E-state index < -0.39 is 6.10 Å². The Bertz CT molecular complexity index is 700. The Kier molecular flexibility index (Phi) is 16.8. The fourth-order valence-electron chi connectivity index (χ4n) is 5.27. The maximum atomic E-state index is 12.8. The monoisotopic (exact) mass is 516 g/mol. The lowest BCUT2D eigenvalue weighted by atomic mass is 10.0. The van der Waals surface area contributed by atoms with Crippen LogP contribution in [0.25, 0.3) is 0 Å². The van der Waals surface area contributed by atoms with Gasteiger partial charge in [-0.25, -0.2) is 0 Å². The number of aliphatic hydroxyl groups is 1. The van der Waals surface area contributed by atoms with Gasteiger partial charge in [-0.15, -0.1) is 0 Å². The van der Waals surface area contributed by atoms with Gasteiger partial charge in [0.15, 0.2) is 0 Å². The number of benzene rings is 1. The van der Waals surface area contributed by atoms with Gasteiger partial charge in [-0.2, -0.15) is 0 Å². The first-order valence-electron chi connectivity index (χ1n) is 15.2. The van der Waals surface area contributed by atoms with Crippen molar-refractivity contribution in [2.75, 3.05) is 40.3 Å². The fraction of sp³-hybridized carbons (Fsp3) is 0.774. The highest BCUT2D eigenvalue weighted by atomic mass is 16.3. The number of piperazine rings is 1. The van der Waals surface area contributed by atoms with Crippen LogP contribution in [0.15, 0.2) is 30.3 Å². The molecule has 1 aliphatic heterocycles. The molecule has 0 spiro atoms. The Balaban J connectivity index is 1.67. The van der Waals surface area contributed by atoms with E-state index in [4.69, 9.17) is 0 Å². The summed E-state index contributed by atoms with van der Waals surface area (Å²) >= 11 is 0. The molecule has 3 atom stereocenters. The third-order valence-corrected chi connectivity index (χ3v) is 7.69. The minimum absolute atomic E-state index is 0.0577. The molecule has 1 amide bonds. The molecule has 1 saturated heterocycles. The largest absolute Gasteiger partial charge is 0.386 e. The summed E-state index contributed by atoms with van der Waals surface area (Å²) in [6, 6.07) is 9.40. The number of likely N-dealkylation sites (N-methyl/N-ethyl adjacent to an activating group) is 1. The molecule has 1 aromatic rings. The van der Waals surface area contributed by atoms with Gasteiger partial charge in [0.05, 0.1) is 12.2 Å². The first-order valence-corrected chi connectivity index (χ1v) is 15.2. The lowest BCUT2D eigenvalue weighted by Crippen LogP contribution is -2.59. The zero-order chi connectivity index (χ0) is 26.7. The summed E-state index contributed by atoms with van der Waals surface area (Å²) < 4.78 is 0. The predicted octanol–water partition coefficient (Wildman–Crippen LogP) is 5.48. The Labute approximate surface area is 227 Å². The second kappa shape index (κ2) is 19.6. The van der Waals surface area contributed by atoms with E-state index in [1.165, 1.54) is 70.6 Å². The first kappa shape index (κ1) is 31.7. The smallest absolute Gasteiger partial charge is 0.220 e. The van der Waals surface area contributed by atoms with Crippen molar-refractivity contribution in [1.29, 1.82) is 0 Å². The topological polar surface area (TPSA) is 67.8 Å². The van der Waals surface area contributed by atoms with Crippen molar-refractivity contribution in [3.8, 4) is 0 Å². The molecule has 0 aliphatic carbocycles. The number of hydrogen-bond acceptors (Lipinski definition) is 5. The minimum Gasteiger partial charge on any atom is -0.386 e. The van der Waals surface area contributed by atoms with Crippen molar-refractivity contribution in [2.45, 2.75) is 115 Å². The van der Waals surface area contributed by atoms with Gasteiger partial charge in [-0.1, -0.05) is 114 Å². The Hall–Kier alpha value is -1.47. The molecule has 0 radical (unpaired) electrons. The number of aliphatic hydroxyl groups excluding tert-OH is 1. The van der Waals surface area contributed by atoms with Crippen LogP contribution in [0.1, 0.15) is 108 Å². The minimum atomic E-state index is -0.718. The zero-order valence-corrected chi connectivity index (χ0v) is 24.1. The number of carbonyl (C=O) groups excluding carboxylic acids is 1. The standard InChI is InChI=1S/C31H56N4O2/c1-4-5-6-7-8-9-10-11-12-13-14-15-19-22-30(36)33-28(31(37)27-20-17-16-18-21-27)25-35-24-23-32-29(26-35)34(2)3/h16-18,20-21,28-29,31-32,37H,4-15,19,22-26H2,1-3H3,(H,33,36)/t28-,29?,31-/m1/s1.